The average molecular weight is 793 g/mol. The fourth-order valence-electron chi connectivity index (χ4n) is 11.5. The van der Waals surface area contributed by atoms with Crippen LogP contribution in [0.15, 0.2) is 95.4 Å². The highest BCUT2D eigenvalue weighted by molar-refractivity contribution is 7.00. The molecule has 0 bridgehead atoms. The van der Waals surface area contributed by atoms with E-state index in [0.717, 1.165) is 11.2 Å². The Morgan fingerprint density at radius 1 is 0.517 bits per heavy atom. The first-order chi connectivity index (χ1) is 28.0. The van der Waals surface area contributed by atoms with Crippen molar-refractivity contribution in [2.75, 3.05) is 9.80 Å². The van der Waals surface area contributed by atoms with Gasteiger partial charge in [-0.25, -0.2) is 0 Å². The van der Waals surface area contributed by atoms with Gasteiger partial charge in [0.05, 0.1) is 11.3 Å². The number of benzene rings is 5. The molecule has 1 aromatic heterocycles. The van der Waals surface area contributed by atoms with E-state index in [4.69, 9.17) is 4.42 Å². The SMILES string of the molecule is CC(C)(C)c1ccc2oc3c(c2c1)N(c1ccccc1C(C)(C)C)c1cccc2c1B3c1cc3c(cc1N2c1ccc2c(c1)C(C)(C)CCC2(C)C)C(C)(C)CCC3(C)C. The molecule has 0 spiro atoms. The second kappa shape index (κ2) is 12.5. The molecule has 4 aliphatic rings. The molecule has 0 saturated carbocycles. The van der Waals surface area contributed by atoms with Crippen LogP contribution in [0.25, 0.3) is 11.0 Å². The molecule has 0 radical (unpaired) electrons. The van der Waals surface area contributed by atoms with Gasteiger partial charge in [-0.1, -0.05) is 139 Å². The minimum absolute atomic E-state index is 0.0136. The first kappa shape index (κ1) is 39.4. The summed E-state index contributed by atoms with van der Waals surface area (Å²) in [5.74, 6) is 0. The fraction of sp³-hybridized carbons (Fsp3) is 0.429. The first-order valence-electron chi connectivity index (χ1n) is 22.7. The van der Waals surface area contributed by atoms with Crippen molar-refractivity contribution in [2.45, 2.75) is 155 Å². The number of rotatable bonds is 2. The Morgan fingerprint density at radius 2 is 1.08 bits per heavy atom. The van der Waals surface area contributed by atoms with Crippen LogP contribution in [-0.2, 0) is 32.5 Å². The van der Waals surface area contributed by atoms with E-state index >= 15 is 0 Å². The molecule has 5 aromatic carbocycles. The molecular weight excluding hydrogens is 727 g/mol. The minimum atomic E-state index is -0.0850. The normalized spacial score (nSPS) is 19.3. The quantitative estimate of drug-likeness (QED) is 0.163. The largest absolute Gasteiger partial charge is 0.468 e. The summed E-state index contributed by atoms with van der Waals surface area (Å²) >= 11 is 0. The van der Waals surface area contributed by atoms with Gasteiger partial charge in [-0.05, 0) is 151 Å². The minimum Gasteiger partial charge on any atom is -0.468 e. The van der Waals surface area contributed by atoms with E-state index in [1.165, 1.54) is 110 Å². The van der Waals surface area contributed by atoms with Crippen molar-refractivity contribution in [1.82, 2.24) is 0 Å². The summed E-state index contributed by atoms with van der Waals surface area (Å²) in [7, 11) is 0. The summed E-state index contributed by atoms with van der Waals surface area (Å²) < 4.78 is 7.38. The maximum Gasteiger partial charge on any atom is 0.297 e. The lowest BCUT2D eigenvalue weighted by Crippen LogP contribution is -2.61. The van der Waals surface area contributed by atoms with Crippen LogP contribution in [0.4, 0.5) is 34.1 Å². The van der Waals surface area contributed by atoms with Crippen LogP contribution in [0.1, 0.15) is 156 Å². The third kappa shape index (κ3) is 5.67. The lowest BCUT2D eigenvalue weighted by molar-refractivity contribution is 0.332. The van der Waals surface area contributed by atoms with Crippen LogP contribution < -0.4 is 26.4 Å². The first-order valence-corrected chi connectivity index (χ1v) is 22.7. The van der Waals surface area contributed by atoms with Crippen molar-refractivity contribution in [3.8, 4) is 0 Å². The average Bonchev–Trinajstić information content (AvgIpc) is 3.56. The smallest absolute Gasteiger partial charge is 0.297 e. The summed E-state index contributed by atoms with van der Waals surface area (Å²) in [4.78, 5) is 5.22. The van der Waals surface area contributed by atoms with Crippen LogP contribution in [-0.4, -0.2) is 6.71 Å². The lowest BCUT2D eigenvalue weighted by atomic mass is 9.35. The predicted molar refractivity (Wildman–Crippen MR) is 258 cm³/mol. The maximum atomic E-state index is 7.38. The van der Waals surface area contributed by atoms with Crippen molar-refractivity contribution in [3.05, 3.63) is 124 Å². The van der Waals surface area contributed by atoms with Gasteiger partial charge in [0.15, 0.2) is 0 Å². The van der Waals surface area contributed by atoms with E-state index in [1.807, 2.05) is 0 Å². The highest BCUT2D eigenvalue weighted by Gasteiger charge is 2.49. The zero-order chi connectivity index (χ0) is 42.7. The van der Waals surface area contributed by atoms with Crippen LogP contribution in [0, 0.1) is 0 Å². The van der Waals surface area contributed by atoms with E-state index in [9.17, 15) is 0 Å². The van der Waals surface area contributed by atoms with Crippen molar-refractivity contribution in [2.24, 2.45) is 0 Å². The molecule has 2 aliphatic carbocycles. The summed E-state index contributed by atoms with van der Waals surface area (Å²) in [5, 5.41) is 1.18. The van der Waals surface area contributed by atoms with E-state index in [2.05, 4.69) is 198 Å². The Balaban J connectivity index is 1.34. The molecular formula is C56H65BN2O. The summed E-state index contributed by atoms with van der Waals surface area (Å²) in [6, 6.07) is 35.8. The maximum absolute atomic E-state index is 7.38. The number of nitrogens with zero attached hydrogens (tertiary/aromatic N) is 2. The van der Waals surface area contributed by atoms with Gasteiger partial charge in [0.25, 0.3) is 6.71 Å². The molecule has 3 nitrogen and oxygen atoms in total. The molecule has 308 valence electrons. The molecule has 0 unspecified atom stereocenters. The van der Waals surface area contributed by atoms with Gasteiger partial charge in [0, 0.05) is 33.8 Å². The Morgan fingerprint density at radius 3 is 1.72 bits per heavy atom. The monoisotopic (exact) mass is 793 g/mol. The zero-order valence-corrected chi connectivity index (χ0v) is 38.9. The van der Waals surface area contributed by atoms with Crippen molar-refractivity contribution in [1.29, 1.82) is 0 Å². The highest BCUT2D eigenvalue weighted by atomic mass is 16.3. The standard InChI is InChI=1S/C56H65BN2O/c1-51(2,3)34-22-25-47-36(30-34)49-50(60-47)57-42-32-40-41(56(13,14)29-28-55(40,11)12)33-46(42)58(35-23-24-37-39(31-35)54(9,10)27-26-53(37,7)8)44-20-17-21-45(48(44)57)59(49)43-19-16-15-18-38(43)52(4,5)6/h15-25,30-33H,26-29H2,1-14H3. The molecule has 0 fully saturated rings. The van der Waals surface area contributed by atoms with Crippen LogP contribution in [0.5, 0.6) is 0 Å². The highest BCUT2D eigenvalue weighted by Crippen LogP contribution is 2.53. The second-order valence-electron chi connectivity index (χ2n) is 23.6. The lowest BCUT2D eigenvalue weighted by Gasteiger charge is -2.47. The number of para-hydroxylation sites is 1. The Bertz CT molecular complexity index is 2760. The van der Waals surface area contributed by atoms with Gasteiger partial charge in [-0.15, -0.1) is 0 Å². The van der Waals surface area contributed by atoms with Crippen LogP contribution >= 0.6 is 0 Å². The van der Waals surface area contributed by atoms with Gasteiger partial charge in [-0.2, -0.15) is 0 Å². The van der Waals surface area contributed by atoms with Gasteiger partial charge < -0.3 is 14.2 Å². The van der Waals surface area contributed by atoms with E-state index in [-0.39, 0.29) is 39.2 Å². The van der Waals surface area contributed by atoms with Gasteiger partial charge in [-0.3, -0.25) is 0 Å². The number of hydrogen-bond acceptors (Lipinski definition) is 3. The third-order valence-electron chi connectivity index (χ3n) is 15.5. The van der Waals surface area contributed by atoms with E-state index in [1.54, 1.807) is 0 Å². The number of fused-ring (bicyclic) bond motifs is 8. The Kier molecular flexibility index (Phi) is 8.19. The topological polar surface area (TPSA) is 19.6 Å². The van der Waals surface area contributed by atoms with Crippen LogP contribution in [0.3, 0.4) is 0 Å². The third-order valence-corrected chi connectivity index (χ3v) is 15.5. The van der Waals surface area contributed by atoms with Gasteiger partial charge >= 0.3 is 0 Å². The summed E-state index contributed by atoms with van der Waals surface area (Å²) in [6.07, 6.45) is 4.72. The number of anilines is 6. The molecule has 6 aromatic rings. The van der Waals surface area contributed by atoms with Gasteiger partial charge in [0.2, 0.25) is 0 Å². The number of hydrogen-bond donors (Lipinski definition) is 0. The predicted octanol–water partition coefficient (Wildman–Crippen LogP) is 13.8. The molecule has 4 heteroatoms. The Labute approximate surface area is 360 Å². The molecule has 0 atom stereocenters. The second-order valence-corrected chi connectivity index (χ2v) is 23.6. The molecule has 0 amide bonds. The molecule has 0 saturated heterocycles. The molecule has 2 aliphatic heterocycles. The van der Waals surface area contributed by atoms with E-state index < -0.39 is 0 Å². The Hall–Kier alpha value is -4.70. The fourth-order valence-corrected chi connectivity index (χ4v) is 11.5. The molecule has 10 rings (SSSR count). The molecule has 60 heavy (non-hydrogen) atoms. The van der Waals surface area contributed by atoms with E-state index in [0.29, 0.717) is 0 Å². The number of furan rings is 1. The van der Waals surface area contributed by atoms with Crippen molar-refractivity contribution >= 4 is 68.4 Å². The molecule has 0 N–H and O–H groups in total. The van der Waals surface area contributed by atoms with Crippen molar-refractivity contribution in [3.63, 3.8) is 0 Å². The molecule has 3 heterocycles. The summed E-state index contributed by atoms with van der Waals surface area (Å²) in [5.41, 5.74) is 20.9. The van der Waals surface area contributed by atoms with Crippen molar-refractivity contribution < 1.29 is 4.42 Å². The summed E-state index contributed by atoms with van der Waals surface area (Å²) in [6.45, 7) is 33.5. The van der Waals surface area contributed by atoms with Crippen LogP contribution in [0.2, 0.25) is 0 Å². The zero-order valence-electron chi connectivity index (χ0n) is 38.9. The van der Waals surface area contributed by atoms with Gasteiger partial charge in [0.1, 0.15) is 5.58 Å².